The highest BCUT2D eigenvalue weighted by atomic mass is 16.7. The van der Waals surface area contributed by atoms with Gasteiger partial charge in [-0.2, -0.15) is 0 Å². The minimum Gasteiger partial charge on any atom is -0.425 e. The van der Waals surface area contributed by atoms with Gasteiger partial charge in [0.15, 0.2) is 0 Å². The Balaban J connectivity index is 0.000000316. The molecular formula is C92H112N20O26. The summed E-state index contributed by atoms with van der Waals surface area (Å²) in [6.45, 7) is 6.98. The lowest BCUT2D eigenvalue weighted by Gasteiger charge is -2.23. The van der Waals surface area contributed by atoms with Crippen molar-refractivity contribution in [2.45, 2.75) is 13.2 Å². The summed E-state index contributed by atoms with van der Waals surface area (Å²) in [4.78, 5) is 219. The molecule has 138 heavy (non-hydrogen) atoms. The second-order valence-corrected chi connectivity index (χ2v) is 30.3. The molecule has 0 bridgehead atoms. The topological polar surface area (TPSA) is 558 Å². The SMILES string of the molecule is Cn1c(C(=O)NCCN(CCNC(=O)c2cccc(=O)n2C)CCOCCOCCN(CCNC(=O)c2cccc(=O)n2OCc2ccccc2)CCNC(=O)c2cccc(=O)n2OCc2ccccc2)cccc1=O.O=C(NCCN(CCNC(=O)c1cccc(=O)n1O)CCOCCOCCN(CCNC(=O)c1cccc(=O)n1O)CCNC(=O)c1cccc(=O)n1O)c1cccc(=O)n1O. The van der Waals surface area contributed by atoms with Crippen LogP contribution in [0.2, 0.25) is 0 Å². The second kappa shape index (κ2) is 56.5. The van der Waals surface area contributed by atoms with E-state index in [1.165, 1.54) is 132 Å². The van der Waals surface area contributed by atoms with Crippen molar-refractivity contribution < 1.29 is 87.8 Å². The average Bonchev–Trinajstić information content (AvgIpc) is 0.846. The standard InChI is InChI=1S/C54H64N10O12.C38H48N10O14/c1-59-43(17-9-21-47(59)65)51(69)55-25-29-61(30-26-56-52(70)44-18-10-22-48(66)60(44)2)33-35-73-37-38-74-36-34-62(31-27-57-53(71)45-19-11-23-49(67)63(45)75-39-41-13-5-3-6-14-41)32-28-58-54(72)46-20-12-24-50(68)64(46)76-40-42-15-7-4-8-16-42;49-31-9-1-5-27(45(31)57)35(53)39-13-17-43(18-14-40-36(54)28-6-2-10-32(50)46(28)58)21-23-61-25-26-62-24-22-44(19-15-41-37(55)29-7-3-11-33(51)47(29)59)20-16-42-38(56)30-8-4-12-34(52)48(30)60/h3-24H,25-40H2,1-2H3,(H,55,69)(H,56,70)(H,57,71)(H,58,72);1-12,57-60H,13-26H2,(H,39,53)(H,40,54)(H,41,55)(H,42,56). The first-order valence-electron chi connectivity index (χ1n) is 43.9. The molecule has 0 aliphatic carbocycles. The molecule has 10 rings (SSSR count). The predicted octanol–water partition coefficient (Wildman–Crippen LogP) is -2.74. The predicted molar refractivity (Wildman–Crippen MR) is 497 cm³/mol. The number of hydrogen-bond donors (Lipinski definition) is 12. The van der Waals surface area contributed by atoms with Crippen LogP contribution in [0.1, 0.15) is 95.0 Å². The molecule has 0 aliphatic rings. The van der Waals surface area contributed by atoms with Gasteiger partial charge in [-0.05, 0) is 59.7 Å². The van der Waals surface area contributed by atoms with Crippen LogP contribution in [0.4, 0.5) is 0 Å². The minimum atomic E-state index is -0.777. The molecule has 2 aromatic carbocycles. The van der Waals surface area contributed by atoms with Gasteiger partial charge in [0.05, 0.1) is 52.9 Å². The monoisotopic (exact) mass is 1910 g/mol. The molecule has 46 nitrogen and oxygen atoms in total. The van der Waals surface area contributed by atoms with Crippen molar-refractivity contribution in [1.82, 2.24) is 99.7 Å². The van der Waals surface area contributed by atoms with Gasteiger partial charge in [0.25, 0.3) is 91.7 Å². The highest BCUT2D eigenvalue weighted by molar-refractivity contribution is 5.96. The highest BCUT2D eigenvalue weighted by Gasteiger charge is 2.23. The quantitative estimate of drug-likeness (QED) is 0.0136. The van der Waals surface area contributed by atoms with Crippen molar-refractivity contribution in [3.8, 4) is 0 Å². The van der Waals surface area contributed by atoms with Crippen molar-refractivity contribution in [3.63, 3.8) is 0 Å². The molecular weight excluding hydrogens is 1800 g/mol. The van der Waals surface area contributed by atoms with Crippen molar-refractivity contribution in [2.75, 3.05) is 184 Å². The van der Waals surface area contributed by atoms with E-state index in [9.17, 15) is 97.5 Å². The number of carbonyl (C=O) groups excluding carboxylic acids is 8. The molecule has 0 radical (unpaired) electrons. The highest BCUT2D eigenvalue weighted by Crippen LogP contribution is 2.08. The van der Waals surface area contributed by atoms with Gasteiger partial charge in [-0.3, -0.25) is 96.3 Å². The maximum atomic E-state index is 13.4. The van der Waals surface area contributed by atoms with E-state index >= 15 is 0 Å². The van der Waals surface area contributed by atoms with Crippen molar-refractivity contribution in [3.05, 3.63) is 346 Å². The molecule has 0 saturated carbocycles. The van der Waals surface area contributed by atoms with Crippen LogP contribution < -0.4 is 96.7 Å². The van der Waals surface area contributed by atoms with Crippen LogP contribution in [0.3, 0.4) is 0 Å². The number of benzene rings is 2. The van der Waals surface area contributed by atoms with Gasteiger partial charge < -0.3 is 101 Å². The number of nitrogens with zero attached hydrogens (tertiary/aromatic N) is 12. The third-order valence-electron chi connectivity index (χ3n) is 20.8. The van der Waals surface area contributed by atoms with E-state index in [1.54, 1.807) is 12.1 Å². The number of amides is 8. The summed E-state index contributed by atoms with van der Waals surface area (Å²) in [6.07, 6.45) is 0. The number of nitrogens with one attached hydrogen (secondary N) is 8. The largest absolute Gasteiger partial charge is 0.425 e. The molecule has 46 heteroatoms. The zero-order chi connectivity index (χ0) is 99.1. The summed E-state index contributed by atoms with van der Waals surface area (Å²) in [6, 6.07) is 50.7. The van der Waals surface area contributed by atoms with Gasteiger partial charge in [0.1, 0.15) is 58.8 Å². The summed E-state index contributed by atoms with van der Waals surface area (Å²) in [5.41, 5.74) is -3.68. The zero-order valence-corrected chi connectivity index (χ0v) is 76.0. The molecule has 0 atom stereocenters. The van der Waals surface area contributed by atoms with E-state index in [2.05, 4.69) is 42.5 Å². The maximum absolute atomic E-state index is 13.4. The molecule has 0 saturated heterocycles. The number of aromatic nitrogens is 8. The van der Waals surface area contributed by atoms with E-state index in [1.807, 2.05) is 80.3 Å². The molecule has 8 heterocycles. The van der Waals surface area contributed by atoms with Crippen LogP contribution in [0.15, 0.2) is 245 Å². The Kier molecular flexibility index (Phi) is 43.4. The number of rotatable bonds is 56. The molecule has 0 unspecified atom stereocenters. The number of pyridine rings is 8. The summed E-state index contributed by atoms with van der Waals surface area (Å²) in [5.74, 6) is -4.65. The van der Waals surface area contributed by atoms with Crippen LogP contribution in [0, 0.1) is 0 Å². The Labute approximate surface area is 788 Å². The Hall–Kier alpha value is -15.7. The molecule has 8 aromatic heterocycles. The van der Waals surface area contributed by atoms with E-state index in [-0.39, 0.29) is 220 Å². The smallest absolute Gasteiger partial charge is 0.283 e. The Morgan fingerprint density at radius 1 is 0.232 bits per heavy atom. The van der Waals surface area contributed by atoms with E-state index in [0.717, 1.165) is 44.9 Å². The fourth-order valence-electron chi connectivity index (χ4n) is 13.3. The molecule has 736 valence electrons. The molecule has 0 fully saturated rings. The molecule has 0 spiro atoms. The normalized spacial score (nSPS) is 11.1. The number of hydrogen-bond acceptors (Lipinski definition) is 30. The maximum Gasteiger partial charge on any atom is 0.283 e. The van der Waals surface area contributed by atoms with Gasteiger partial charge in [-0.1, -0.05) is 109 Å². The van der Waals surface area contributed by atoms with Gasteiger partial charge in [-0.15, -0.1) is 28.4 Å². The Bertz CT molecular complexity index is 5700. The lowest BCUT2D eigenvalue weighted by molar-refractivity contribution is 0.0313. The van der Waals surface area contributed by atoms with Gasteiger partial charge >= 0.3 is 0 Å². The van der Waals surface area contributed by atoms with Gasteiger partial charge in [0, 0.05) is 194 Å². The van der Waals surface area contributed by atoms with Crippen LogP contribution in [0.25, 0.3) is 0 Å². The zero-order valence-electron chi connectivity index (χ0n) is 76.0. The first-order chi connectivity index (χ1) is 66.7. The van der Waals surface area contributed by atoms with E-state index < -0.39 is 80.6 Å². The first kappa shape index (κ1) is 106. The Morgan fingerprint density at radius 3 is 0.667 bits per heavy atom. The Morgan fingerprint density at radius 2 is 0.428 bits per heavy atom. The third-order valence-corrected chi connectivity index (χ3v) is 20.8. The second-order valence-electron chi connectivity index (χ2n) is 30.3. The van der Waals surface area contributed by atoms with Crippen LogP contribution in [-0.2, 0) is 46.3 Å². The molecule has 8 amide bonds. The molecule has 12 N–H and O–H groups in total. The van der Waals surface area contributed by atoms with Crippen molar-refractivity contribution in [2.24, 2.45) is 14.1 Å². The first-order valence-corrected chi connectivity index (χ1v) is 43.9. The van der Waals surface area contributed by atoms with Gasteiger partial charge in [0.2, 0.25) is 0 Å². The van der Waals surface area contributed by atoms with Crippen LogP contribution in [-0.4, -0.2) is 309 Å². The van der Waals surface area contributed by atoms with Crippen LogP contribution >= 0.6 is 0 Å². The lowest BCUT2D eigenvalue weighted by atomic mass is 10.2. The van der Waals surface area contributed by atoms with Crippen LogP contribution in [0.5, 0.6) is 0 Å². The fraction of sp³-hybridized carbons (Fsp3) is 0.348. The van der Waals surface area contributed by atoms with E-state index in [4.69, 9.17) is 28.6 Å². The third kappa shape index (κ3) is 34.0. The van der Waals surface area contributed by atoms with Gasteiger partial charge in [-0.25, -0.2) is 0 Å². The summed E-state index contributed by atoms with van der Waals surface area (Å²) in [7, 11) is 3.04. The fourth-order valence-corrected chi connectivity index (χ4v) is 13.3. The average molecular weight is 1910 g/mol. The number of ether oxygens (including phenoxy) is 4. The summed E-state index contributed by atoms with van der Waals surface area (Å²) >= 11 is 0. The van der Waals surface area contributed by atoms with E-state index in [0.29, 0.717) is 52.4 Å². The van der Waals surface area contributed by atoms with Crippen molar-refractivity contribution in [1.29, 1.82) is 0 Å². The van der Waals surface area contributed by atoms with Crippen molar-refractivity contribution >= 4 is 47.3 Å². The molecule has 10 aromatic rings. The lowest BCUT2D eigenvalue weighted by Crippen LogP contribution is -2.43. The minimum absolute atomic E-state index is 0.0185. The number of carbonyl (C=O) groups is 8. The summed E-state index contributed by atoms with van der Waals surface area (Å²) < 4.78 is 28.7. The summed E-state index contributed by atoms with van der Waals surface area (Å²) in [5, 5.41) is 61.5. The molecule has 0 aliphatic heterocycles.